The van der Waals surface area contributed by atoms with Gasteiger partial charge in [0.05, 0.1) is 0 Å². The molecule has 21 valence electrons. The first-order valence-electron chi connectivity index (χ1n) is 0.400. The second-order valence-electron chi connectivity index (χ2n) is 0.0791. The van der Waals surface area contributed by atoms with Crippen LogP contribution in [0.4, 0.5) is 0 Å². The third-order valence-corrected chi connectivity index (χ3v) is 0. The van der Waals surface area contributed by atoms with Crippen molar-refractivity contribution in [3.8, 4) is 4.97 Å². The zero-order chi connectivity index (χ0) is 2.71. The van der Waals surface area contributed by atoms with Crippen LogP contribution < -0.4 is 0 Å². The third-order valence-electron chi connectivity index (χ3n) is 0. The van der Waals surface area contributed by atoms with E-state index in [1.165, 1.54) is 4.97 Å². The van der Waals surface area contributed by atoms with Crippen LogP contribution >= 0.6 is 0 Å². The minimum atomic E-state index is 0. The Hall–Kier alpha value is 3.70. The Morgan fingerprint density at radius 3 is 1.60 bits per heavy atom. The normalized spacial score (nSPS) is 1.60. The zero-order valence-electron chi connectivity index (χ0n) is 1.30. The Kier molecular flexibility index (Phi) is 49.7. The zero-order valence-corrected chi connectivity index (χ0v) is 2.40. The molecule has 0 aliphatic heterocycles. The molecular weight excluding hydrogens is 254 g/mol. The van der Waals surface area contributed by atoms with E-state index in [-0.39, 0.29) is 120 Å². The summed E-state index contributed by atoms with van der Waals surface area (Å²) in [6, 6.07) is 0. The van der Waals surface area contributed by atoms with E-state index in [2.05, 4.69) is 16.0 Å². The molecule has 0 bridgehead atoms. The van der Waals surface area contributed by atoms with E-state index in [0.29, 0.717) is 0 Å². The van der Waals surface area contributed by atoms with Gasteiger partial charge >= 0.3 is 147 Å². The van der Waals surface area contributed by atoms with Crippen LogP contribution in [0, 0.1) is 10.2 Å². The summed E-state index contributed by atoms with van der Waals surface area (Å²) in [5.41, 5.74) is 0. The van der Waals surface area contributed by atoms with Crippen molar-refractivity contribution in [3.05, 3.63) is 0 Å². The Morgan fingerprint density at radius 2 is 1.60 bits per heavy atom. The summed E-state index contributed by atoms with van der Waals surface area (Å²) in [6.07, 6.45) is 0. The van der Waals surface area contributed by atoms with E-state index in [4.69, 9.17) is 5.26 Å². The second kappa shape index (κ2) is 15.6. The summed E-state index contributed by atoms with van der Waals surface area (Å²) in [7, 11) is 0. The molecule has 5 heavy (non-hydrogen) atoms. The van der Waals surface area contributed by atoms with Gasteiger partial charge in [-0.15, -0.1) is 0 Å². The molecule has 1 nitrogen and oxygen atoms in total. The van der Waals surface area contributed by atoms with Gasteiger partial charge in [-0.05, 0) is 0 Å². The van der Waals surface area contributed by atoms with Crippen LogP contribution in [0.1, 0.15) is 0 Å². The molecule has 0 spiro atoms. The van der Waals surface area contributed by atoms with Crippen molar-refractivity contribution in [2.45, 2.75) is 0 Å². The molecule has 0 atom stereocenters. The van der Waals surface area contributed by atoms with Gasteiger partial charge in [0.15, 0.2) is 0 Å². The van der Waals surface area contributed by atoms with Crippen LogP contribution in [-0.4, -0.2) is 120 Å². The monoisotopic (exact) mass is 256 g/mol. The van der Waals surface area contributed by atoms with Crippen LogP contribution in [0.25, 0.3) is 0 Å². The maximum atomic E-state index is 7.21. The molecule has 0 saturated heterocycles. The summed E-state index contributed by atoms with van der Waals surface area (Å²) in [4.78, 5) is 1.50. The van der Waals surface area contributed by atoms with Crippen LogP contribution in [0.3, 0.4) is 0 Å². The van der Waals surface area contributed by atoms with Crippen LogP contribution in [0.15, 0.2) is 0 Å². The summed E-state index contributed by atoms with van der Waals surface area (Å²) in [5, 5.41) is 7.21. The fourth-order valence-corrected chi connectivity index (χ4v) is 0. The van der Waals surface area contributed by atoms with E-state index >= 15 is 0 Å². The molecule has 0 saturated carbocycles. The molecule has 0 heterocycles. The summed E-state index contributed by atoms with van der Waals surface area (Å²) >= 11 is 2.79. The van der Waals surface area contributed by atoms with Gasteiger partial charge in [0.1, 0.15) is 0 Å². The number of hydrogen-bond donors (Lipinski definition) is 0. The minimum absolute atomic E-state index is 0. The molecule has 0 rings (SSSR count). The van der Waals surface area contributed by atoms with E-state index in [1.54, 1.807) is 0 Å². The molecular formula is CH2CsFeKN. The first kappa shape index (κ1) is 15.9. The van der Waals surface area contributed by atoms with Crippen molar-refractivity contribution in [2.24, 2.45) is 0 Å². The summed E-state index contributed by atoms with van der Waals surface area (Å²) in [5.74, 6) is 0. The Labute approximate surface area is 141 Å². The van der Waals surface area contributed by atoms with Gasteiger partial charge in [-0.1, -0.05) is 0 Å². The van der Waals surface area contributed by atoms with E-state index in [0.717, 1.165) is 0 Å². The predicted octanol–water partition coefficient (Wildman–Crippen LogP) is -1.28. The fraction of sp³-hybridized carbons (Fsp3) is 0. The van der Waals surface area contributed by atoms with E-state index in [1.807, 2.05) is 0 Å². The van der Waals surface area contributed by atoms with Crippen molar-refractivity contribution in [1.29, 1.82) is 5.26 Å². The molecule has 0 radical (unpaired) electrons. The molecule has 0 unspecified atom stereocenters. The maximum absolute atomic E-state index is 7.21. The van der Waals surface area contributed by atoms with Gasteiger partial charge in [-0.2, -0.15) is 0 Å². The Bertz CT molecular complexity index is 33.1. The molecule has 0 aromatic carbocycles. The fourth-order valence-electron chi connectivity index (χ4n) is 0. The molecule has 0 aliphatic carbocycles. The Balaban J connectivity index is -0.0000000200. The van der Waals surface area contributed by atoms with Gasteiger partial charge < -0.3 is 0 Å². The molecule has 0 amide bonds. The van der Waals surface area contributed by atoms with Crippen LogP contribution in [-0.2, 0) is 16.0 Å². The summed E-state index contributed by atoms with van der Waals surface area (Å²) in [6.45, 7) is 0. The van der Waals surface area contributed by atoms with Gasteiger partial charge in [-0.3, -0.25) is 0 Å². The number of rotatable bonds is 0. The van der Waals surface area contributed by atoms with Gasteiger partial charge in [0, 0.05) is 0 Å². The van der Waals surface area contributed by atoms with Crippen molar-refractivity contribution in [1.82, 2.24) is 0 Å². The second-order valence-corrected chi connectivity index (χ2v) is 0.326. The van der Waals surface area contributed by atoms with Gasteiger partial charge in [0.2, 0.25) is 0 Å². The van der Waals surface area contributed by atoms with Gasteiger partial charge in [0.25, 0.3) is 0 Å². The molecule has 0 N–H and O–H groups in total. The van der Waals surface area contributed by atoms with Crippen molar-refractivity contribution >= 4 is 120 Å². The molecule has 0 aromatic heterocycles. The van der Waals surface area contributed by atoms with Crippen LogP contribution in [0.2, 0.25) is 0 Å². The number of nitrogens with zero attached hydrogens (tertiary/aromatic N) is 1. The number of hydrogen-bond acceptors (Lipinski definition) is 1. The topological polar surface area (TPSA) is 23.8 Å². The van der Waals surface area contributed by atoms with Crippen molar-refractivity contribution in [3.63, 3.8) is 0 Å². The predicted molar refractivity (Wildman–Crippen MR) is 19.9 cm³/mol. The summed E-state index contributed by atoms with van der Waals surface area (Å²) < 4.78 is 0. The first-order chi connectivity index (χ1) is 1.41. The van der Waals surface area contributed by atoms with Gasteiger partial charge in [-0.25, -0.2) is 0 Å². The average molecular weight is 256 g/mol. The number of nitriles is 1. The average Bonchev–Trinajstić information content (AvgIpc) is 0.918. The quantitative estimate of drug-likeness (QED) is 0.495. The third kappa shape index (κ3) is 18.3. The Morgan fingerprint density at radius 1 is 1.60 bits per heavy atom. The van der Waals surface area contributed by atoms with Crippen LogP contribution in [0.5, 0.6) is 0 Å². The van der Waals surface area contributed by atoms with E-state index < -0.39 is 0 Å². The standard InChI is InChI=1S/CN.Cs.Fe.K.2H/c1-2;;;;;. The first-order valence-corrected chi connectivity index (χ1v) is 0.952. The van der Waals surface area contributed by atoms with E-state index in [9.17, 15) is 0 Å². The molecule has 4 heteroatoms. The van der Waals surface area contributed by atoms with Crippen molar-refractivity contribution < 1.29 is 16.0 Å². The molecule has 0 aromatic rings. The van der Waals surface area contributed by atoms with Crippen molar-refractivity contribution in [2.75, 3.05) is 0 Å². The molecule has 0 aliphatic rings. The SMILES string of the molecule is N#[C][Fe].[CsH].[KH]. The molecule has 0 fully saturated rings.